The maximum atomic E-state index is 12.5. The Bertz CT molecular complexity index is 952. The Hall–Kier alpha value is -2.51. The van der Waals surface area contributed by atoms with Gasteiger partial charge in [-0.3, -0.25) is 10.1 Å². The van der Waals surface area contributed by atoms with Crippen LogP contribution in [0.1, 0.15) is 15.4 Å². The zero-order valence-electron chi connectivity index (χ0n) is 12.2. The fourth-order valence-corrected chi connectivity index (χ4v) is 3.97. The smallest absolute Gasteiger partial charge is 0.269 e. The monoisotopic (exact) mass is 340 g/mol. The minimum absolute atomic E-state index is 0.194. The molecule has 0 spiro atoms. The highest BCUT2D eigenvalue weighted by Crippen LogP contribution is 2.29. The van der Waals surface area contributed by atoms with E-state index < -0.39 is 0 Å². The highest BCUT2D eigenvalue weighted by Gasteiger charge is 2.17. The van der Waals surface area contributed by atoms with Crippen molar-refractivity contribution in [2.75, 3.05) is 5.32 Å². The van der Waals surface area contributed by atoms with Crippen molar-refractivity contribution in [2.24, 2.45) is 0 Å². The molecule has 0 atom stereocenters. The van der Waals surface area contributed by atoms with Crippen LogP contribution in [-0.4, -0.2) is 20.9 Å². The van der Waals surface area contributed by atoms with E-state index >= 15 is 0 Å². The SMILES string of the molecule is Cc1nc(-c2ccsc2)sc1C(=O)Nc1nc2ccccc2[nH]1. The Labute approximate surface area is 140 Å². The predicted octanol–water partition coefficient (Wildman–Crippen LogP) is 4.31. The second kappa shape index (κ2) is 5.60. The fraction of sp³-hybridized carbons (Fsp3) is 0.0625. The molecule has 7 heteroatoms. The third kappa shape index (κ3) is 2.64. The third-order valence-corrected chi connectivity index (χ3v) is 5.28. The third-order valence-electron chi connectivity index (χ3n) is 3.39. The molecule has 23 heavy (non-hydrogen) atoms. The molecule has 3 aromatic heterocycles. The zero-order chi connectivity index (χ0) is 15.8. The number of amides is 1. The van der Waals surface area contributed by atoms with Crippen molar-refractivity contribution >= 4 is 45.6 Å². The van der Waals surface area contributed by atoms with E-state index in [1.807, 2.05) is 48.0 Å². The first kappa shape index (κ1) is 14.1. The van der Waals surface area contributed by atoms with Gasteiger partial charge in [0.1, 0.15) is 9.88 Å². The number of hydrogen-bond donors (Lipinski definition) is 2. The van der Waals surface area contributed by atoms with E-state index in [-0.39, 0.29) is 5.91 Å². The molecular weight excluding hydrogens is 328 g/mol. The Morgan fingerprint density at radius 2 is 2.09 bits per heavy atom. The minimum Gasteiger partial charge on any atom is -0.324 e. The van der Waals surface area contributed by atoms with Gasteiger partial charge in [-0.2, -0.15) is 11.3 Å². The number of aromatic amines is 1. The highest BCUT2D eigenvalue weighted by molar-refractivity contribution is 7.17. The number of aryl methyl sites for hydroxylation is 1. The van der Waals surface area contributed by atoms with E-state index in [1.54, 1.807) is 11.3 Å². The molecule has 0 aliphatic rings. The zero-order valence-corrected chi connectivity index (χ0v) is 13.8. The fourth-order valence-electron chi connectivity index (χ4n) is 2.29. The van der Waals surface area contributed by atoms with E-state index in [2.05, 4.69) is 20.3 Å². The summed E-state index contributed by atoms with van der Waals surface area (Å²) in [6.07, 6.45) is 0. The lowest BCUT2D eigenvalue weighted by Gasteiger charge is -1.99. The molecular formula is C16H12N4OS2. The number of nitrogens with zero attached hydrogens (tertiary/aromatic N) is 2. The Kier molecular flexibility index (Phi) is 3.44. The standard InChI is InChI=1S/C16H12N4OS2/c1-9-13(23-15(17-9)10-6-7-22-8-10)14(21)20-16-18-11-4-2-3-5-12(11)19-16/h2-8H,1H3,(H2,18,19,20,21). The number of imidazole rings is 1. The summed E-state index contributed by atoms with van der Waals surface area (Å²) in [4.78, 5) is 25.0. The molecule has 1 amide bonds. The molecule has 0 saturated heterocycles. The topological polar surface area (TPSA) is 70.7 Å². The molecule has 0 bridgehead atoms. The first-order chi connectivity index (χ1) is 11.2. The van der Waals surface area contributed by atoms with Gasteiger partial charge in [-0.15, -0.1) is 11.3 Å². The van der Waals surface area contributed by atoms with E-state index in [0.717, 1.165) is 27.3 Å². The summed E-state index contributed by atoms with van der Waals surface area (Å²) < 4.78 is 0. The molecule has 4 rings (SSSR count). The van der Waals surface area contributed by atoms with Crippen LogP contribution >= 0.6 is 22.7 Å². The van der Waals surface area contributed by atoms with Crippen LogP contribution in [0.2, 0.25) is 0 Å². The number of H-pyrrole nitrogens is 1. The number of carbonyl (C=O) groups excluding carboxylic acids is 1. The van der Waals surface area contributed by atoms with Gasteiger partial charge in [0.15, 0.2) is 0 Å². The van der Waals surface area contributed by atoms with Crippen molar-refractivity contribution < 1.29 is 4.79 Å². The van der Waals surface area contributed by atoms with Crippen LogP contribution in [0.3, 0.4) is 0 Å². The average Bonchev–Trinajstić information content (AvgIpc) is 3.25. The van der Waals surface area contributed by atoms with Gasteiger partial charge in [0.05, 0.1) is 16.7 Å². The van der Waals surface area contributed by atoms with Crippen LogP contribution in [0.5, 0.6) is 0 Å². The lowest BCUT2D eigenvalue weighted by Crippen LogP contribution is -2.12. The molecule has 4 aromatic rings. The summed E-state index contributed by atoms with van der Waals surface area (Å²) in [5, 5.41) is 7.70. The Morgan fingerprint density at radius 1 is 1.22 bits per heavy atom. The number of thiazole rings is 1. The number of rotatable bonds is 3. The summed E-state index contributed by atoms with van der Waals surface area (Å²) in [6.45, 7) is 1.85. The molecule has 114 valence electrons. The van der Waals surface area contributed by atoms with Crippen LogP contribution in [-0.2, 0) is 0 Å². The maximum Gasteiger partial charge on any atom is 0.269 e. The largest absolute Gasteiger partial charge is 0.324 e. The number of thiophene rings is 1. The second-order valence-electron chi connectivity index (χ2n) is 5.00. The van der Waals surface area contributed by atoms with Gasteiger partial charge in [-0.25, -0.2) is 9.97 Å². The molecule has 5 nitrogen and oxygen atoms in total. The minimum atomic E-state index is -0.194. The maximum absolute atomic E-state index is 12.5. The molecule has 0 unspecified atom stereocenters. The lowest BCUT2D eigenvalue weighted by molar-refractivity contribution is 0.102. The Morgan fingerprint density at radius 3 is 2.87 bits per heavy atom. The number of nitrogens with one attached hydrogen (secondary N) is 2. The summed E-state index contributed by atoms with van der Waals surface area (Å²) in [5.74, 6) is 0.251. The summed E-state index contributed by atoms with van der Waals surface area (Å²) in [6, 6.07) is 9.66. The number of aromatic nitrogens is 3. The molecule has 0 fully saturated rings. The summed E-state index contributed by atoms with van der Waals surface area (Å²) in [5.41, 5.74) is 3.49. The van der Waals surface area contributed by atoms with Crippen molar-refractivity contribution in [1.82, 2.24) is 15.0 Å². The molecule has 0 radical (unpaired) electrons. The normalized spacial score (nSPS) is 11.0. The van der Waals surface area contributed by atoms with Gasteiger partial charge in [0, 0.05) is 10.9 Å². The van der Waals surface area contributed by atoms with Gasteiger partial charge >= 0.3 is 0 Å². The first-order valence-corrected chi connectivity index (χ1v) is 8.73. The average molecular weight is 340 g/mol. The Balaban J connectivity index is 1.61. The quantitative estimate of drug-likeness (QED) is 0.584. The van der Waals surface area contributed by atoms with Gasteiger partial charge in [0.25, 0.3) is 5.91 Å². The molecule has 0 aliphatic heterocycles. The number of hydrogen-bond acceptors (Lipinski definition) is 5. The second-order valence-corrected chi connectivity index (χ2v) is 6.78. The first-order valence-electron chi connectivity index (χ1n) is 6.97. The van der Waals surface area contributed by atoms with Crippen LogP contribution in [0.15, 0.2) is 41.1 Å². The van der Waals surface area contributed by atoms with Crippen molar-refractivity contribution in [3.05, 3.63) is 51.7 Å². The molecule has 2 N–H and O–H groups in total. The van der Waals surface area contributed by atoms with Gasteiger partial charge in [-0.05, 0) is 30.5 Å². The molecule has 0 saturated carbocycles. The van der Waals surface area contributed by atoms with Crippen LogP contribution in [0.4, 0.5) is 5.95 Å². The van der Waals surface area contributed by atoms with Crippen molar-refractivity contribution in [3.8, 4) is 10.6 Å². The molecule has 3 heterocycles. The van der Waals surface area contributed by atoms with Gasteiger partial charge in [-0.1, -0.05) is 12.1 Å². The number of fused-ring (bicyclic) bond motifs is 1. The van der Waals surface area contributed by atoms with Crippen LogP contribution in [0.25, 0.3) is 21.6 Å². The summed E-state index contributed by atoms with van der Waals surface area (Å²) in [7, 11) is 0. The van der Waals surface area contributed by atoms with Crippen molar-refractivity contribution in [1.29, 1.82) is 0 Å². The number of para-hydroxylation sites is 2. The van der Waals surface area contributed by atoms with Gasteiger partial charge in [0.2, 0.25) is 5.95 Å². The highest BCUT2D eigenvalue weighted by atomic mass is 32.1. The van der Waals surface area contributed by atoms with Crippen molar-refractivity contribution in [3.63, 3.8) is 0 Å². The molecule has 0 aliphatic carbocycles. The van der Waals surface area contributed by atoms with E-state index in [4.69, 9.17) is 0 Å². The lowest BCUT2D eigenvalue weighted by atomic mass is 10.3. The van der Waals surface area contributed by atoms with E-state index in [1.165, 1.54) is 11.3 Å². The number of benzene rings is 1. The number of anilines is 1. The summed E-state index contributed by atoms with van der Waals surface area (Å²) >= 11 is 3.01. The number of carbonyl (C=O) groups is 1. The van der Waals surface area contributed by atoms with Crippen LogP contribution in [0, 0.1) is 6.92 Å². The van der Waals surface area contributed by atoms with E-state index in [9.17, 15) is 4.79 Å². The van der Waals surface area contributed by atoms with Crippen LogP contribution < -0.4 is 5.32 Å². The predicted molar refractivity (Wildman–Crippen MR) is 94.2 cm³/mol. The molecule has 1 aromatic carbocycles. The van der Waals surface area contributed by atoms with Crippen molar-refractivity contribution in [2.45, 2.75) is 6.92 Å². The van der Waals surface area contributed by atoms with Gasteiger partial charge < -0.3 is 4.98 Å². The van der Waals surface area contributed by atoms with E-state index in [0.29, 0.717) is 10.8 Å².